The number of rotatable bonds is 7. The summed E-state index contributed by atoms with van der Waals surface area (Å²) >= 11 is 0. The average Bonchev–Trinajstić information content (AvgIpc) is 2.60. The Morgan fingerprint density at radius 1 is 1.22 bits per heavy atom. The van der Waals surface area contributed by atoms with Crippen molar-refractivity contribution in [2.24, 2.45) is 0 Å². The Labute approximate surface area is 141 Å². The molecule has 1 aliphatic heterocycles. The summed E-state index contributed by atoms with van der Waals surface area (Å²) in [7, 11) is 0. The van der Waals surface area contributed by atoms with Crippen LogP contribution in [0.25, 0.3) is 0 Å². The Balaban J connectivity index is 1.98. The summed E-state index contributed by atoms with van der Waals surface area (Å²) in [6.07, 6.45) is 4.90. The van der Waals surface area contributed by atoms with Crippen LogP contribution >= 0.6 is 0 Å². The summed E-state index contributed by atoms with van der Waals surface area (Å²) < 4.78 is 0. The molecule has 0 spiro atoms. The zero-order valence-corrected chi connectivity index (χ0v) is 15.0. The fraction of sp³-hybridized carbons (Fsp3) is 0.650. The Bertz CT molecular complexity index is 477. The summed E-state index contributed by atoms with van der Waals surface area (Å²) in [4.78, 5) is 15.0. The lowest BCUT2D eigenvalue weighted by Crippen LogP contribution is -2.46. The van der Waals surface area contributed by atoms with Crippen molar-refractivity contribution in [2.45, 2.75) is 64.8 Å². The number of amides is 1. The summed E-state index contributed by atoms with van der Waals surface area (Å²) in [5, 5.41) is 3.39. The van der Waals surface area contributed by atoms with Gasteiger partial charge in [0.1, 0.15) is 0 Å². The highest BCUT2D eigenvalue weighted by atomic mass is 16.2. The third kappa shape index (κ3) is 5.07. The molecule has 0 radical (unpaired) electrons. The molecular formula is C20H32N2O. The summed E-state index contributed by atoms with van der Waals surface area (Å²) in [6.45, 7) is 9.46. The number of hydrogen-bond acceptors (Lipinski definition) is 2. The molecule has 1 aromatic rings. The molecule has 0 aromatic heterocycles. The number of hydrogen-bond donors (Lipinski definition) is 1. The quantitative estimate of drug-likeness (QED) is 0.831. The minimum Gasteiger partial charge on any atom is -0.340 e. The number of carbonyl (C=O) groups is 1. The smallest absolute Gasteiger partial charge is 0.223 e. The number of nitrogens with one attached hydrogen (secondary N) is 1. The van der Waals surface area contributed by atoms with Gasteiger partial charge in [-0.25, -0.2) is 0 Å². The average molecular weight is 316 g/mol. The first kappa shape index (κ1) is 18.0. The molecule has 1 amide bonds. The molecule has 2 rings (SSSR count). The van der Waals surface area contributed by atoms with Crippen LogP contribution in [0.5, 0.6) is 0 Å². The summed E-state index contributed by atoms with van der Waals surface area (Å²) in [5.41, 5.74) is 2.63. The number of benzene rings is 1. The van der Waals surface area contributed by atoms with Crippen LogP contribution in [-0.4, -0.2) is 36.5 Å². The highest BCUT2D eigenvalue weighted by molar-refractivity contribution is 5.77. The second-order valence-corrected chi connectivity index (χ2v) is 6.77. The number of piperidine rings is 1. The molecule has 1 atom stereocenters. The minimum absolute atomic E-state index is 0.287. The van der Waals surface area contributed by atoms with Crippen molar-refractivity contribution in [3.05, 3.63) is 35.4 Å². The first-order chi connectivity index (χ1) is 11.2. The largest absolute Gasteiger partial charge is 0.340 e. The fourth-order valence-electron chi connectivity index (χ4n) is 3.45. The van der Waals surface area contributed by atoms with E-state index in [1.165, 1.54) is 11.1 Å². The standard InChI is InChI=1S/C20H32N2O/c1-4-14-22(19-10-12-21-13-11-19)20(23)15-16(3)18-8-6-17(5-2)7-9-18/h6-9,16,19,21H,4-5,10-15H2,1-3H3. The van der Waals surface area contributed by atoms with E-state index in [4.69, 9.17) is 0 Å². The lowest BCUT2D eigenvalue weighted by atomic mass is 9.95. The second kappa shape index (κ2) is 9.07. The van der Waals surface area contributed by atoms with Gasteiger partial charge in [0.25, 0.3) is 0 Å². The number of carbonyl (C=O) groups excluding carboxylic acids is 1. The molecule has 1 saturated heterocycles. The van der Waals surface area contributed by atoms with Gasteiger partial charge in [-0.3, -0.25) is 4.79 Å². The van der Waals surface area contributed by atoms with Crippen molar-refractivity contribution in [3.8, 4) is 0 Å². The van der Waals surface area contributed by atoms with Crippen LogP contribution in [0.1, 0.15) is 63.5 Å². The number of nitrogens with zero attached hydrogens (tertiary/aromatic N) is 1. The van der Waals surface area contributed by atoms with E-state index < -0.39 is 0 Å². The monoisotopic (exact) mass is 316 g/mol. The van der Waals surface area contributed by atoms with Crippen molar-refractivity contribution in [1.29, 1.82) is 0 Å². The van der Waals surface area contributed by atoms with E-state index in [2.05, 4.69) is 55.3 Å². The SMILES string of the molecule is CCCN(C(=O)CC(C)c1ccc(CC)cc1)C1CCNCC1. The molecule has 1 N–H and O–H groups in total. The normalized spacial score (nSPS) is 17.0. The number of aryl methyl sites for hydroxylation is 1. The Hall–Kier alpha value is -1.35. The highest BCUT2D eigenvalue weighted by Crippen LogP contribution is 2.23. The lowest BCUT2D eigenvalue weighted by molar-refractivity contribution is -0.134. The first-order valence-corrected chi connectivity index (χ1v) is 9.24. The Morgan fingerprint density at radius 3 is 2.43 bits per heavy atom. The fourth-order valence-corrected chi connectivity index (χ4v) is 3.45. The van der Waals surface area contributed by atoms with Crippen molar-refractivity contribution < 1.29 is 4.79 Å². The molecule has 0 saturated carbocycles. The molecular weight excluding hydrogens is 284 g/mol. The molecule has 3 nitrogen and oxygen atoms in total. The van der Waals surface area contributed by atoms with Crippen LogP contribution in [0.2, 0.25) is 0 Å². The third-order valence-electron chi connectivity index (χ3n) is 4.97. The van der Waals surface area contributed by atoms with Gasteiger partial charge >= 0.3 is 0 Å². The molecule has 1 aliphatic rings. The van der Waals surface area contributed by atoms with Crippen molar-refractivity contribution in [3.63, 3.8) is 0 Å². The molecule has 1 fully saturated rings. The van der Waals surface area contributed by atoms with E-state index in [9.17, 15) is 4.79 Å². The van der Waals surface area contributed by atoms with Crippen LogP contribution < -0.4 is 5.32 Å². The molecule has 3 heteroatoms. The Morgan fingerprint density at radius 2 is 1.87 bits per heavy atom. The van der Waals surface area contributed by atoms with Crippen LogP contribution in [0.3, 0.4) is 0 Å². The first-order valence-electron chi connectivity index (χ1n) is 9.24. The molecule has 1 heterocycles. The van der Waals surface area contributed by atoms with E-state index >= 15 is 0 Å². The molecule has 1 aromatic carbocycles. The maximum atomic E-state index is 12.8. The van der Waals surface area contributed by atoms with E-state index in [0.717, 1.165) is 45.3 Å². The third-order valence-corrected chi connectivity index (χ3v) is 4.97. The lowest BCUT2D eigenvalue weighted by Gasteiger charge is -2.35. The second-order valence-electron chi connectivity index (χ2n) is 6.77. The predicted molar refractivity (Wildman–Crippen MR) is 96.7 cm³/mol. The van der Waals surface area contributed by atoms with E-state index in [-0.39, 0.29) is 5.92 Å². The molecule has 1 unspecified atom stereocenters. The molecule has 23 heavy (non-hydrogen) atoms. The molecule has 0 aliphatic carbocycles. The van der Waals surface area contributed by atoms with E-state index in [1.807, 2.05) is 0 Å². The van der Waals surface area contributed by atoms with E-state index in [0.29, 0.717) is 18.4 Å². The van der Waals surface area contributed by atoms with Gasteiger partial charge in [-0.1, -0.05) is 45.0 Å². The van der Waals surface area contributed by atoms with Crippen LogP contribution in [0.4, 0.5) is 0 Å². The predicted octanol–water partition coefficient (Wildman–Crippen LogP) is 3.73. The summed E-state index contributed by atoms with van der Waals surface area (Å²) in [5.74, 6) is 0.611. The minimum atomic E-state index is 0.287. The molecule has 128 valence electrons. The zero-order valence-electron chi connectivity index (χ0n) is 15.0. The van der Waals surface area contributed by atoms with Crippen molar-refractivity contribution >= 4 is 5.91 Å². The van der Waals surface area contributed by atoms with Crippen LogP contribution in [0.15, 0.2) is 24.3 Å². The Kier molecular flexibility index (Phi) is 7.10. The maximum Gasteiger partial charge on any atom is 0.223 e. The maximum absolute atomic E-state index is 12.8. The van der Waals surface area contributed by atoms with Gasteiger partial charge in [0.15, 0.2) is 0 Å². The van der Waals surface area contributed by atoms with Gasteiger partial charge in [0, 0.05) is 19.0 Å². The van der Waals surface area contributed by atoms with Gasteiger partial charge < -0.3 is 10.2 Å². The van der Waals surface area contributed by atoms with Gasteiger partial charge in [-0.05, 0) is 55.8 Å². The summed E-state index contributed by atoms with van der Waals surface area (Å²) in [6, 6.07) is 9.18. The van der Waals surface area contributed by atoms with E-state index in [1.54, 1.807) is 0 Å². The highest BCUT2D eigenvalue weighted by Gasteiger charge is 2.25. The topological polar surface area (TPSA) is 32.3 Å². The zero-order chi connectivity index (χ0) is 16.7. The van der Waals surface area contributed by atoms with Gasteiger partial charge in [0.2, 0.25) is 5.91 Å². The van der Waals surface area contributed by atoms with Gasteiger partial charge in [-0.2, -0.15) is 0 Å². The van der Waals surface area contributed by atoms with Gasteiger partial charge in [0.05, 0.1) is 0 Å². The molecule has 0 bridgehead atoms. The van der Waals surface area contributed by atoms with Gasteiger partial charge in [-0.15, -0.1) is 0 Å². The van der Waals surface area contributed by atoms with Crippen LogP contribution in [0, 0.1) is 0 Å². The van der Waals surface area contributed by atoms with Crippen molar-refractivity contribution in [2.75, 3.05) is 19.6 Å². The van der Waals surface area contributed by atoms with Crippen LogP contribution in [-0.2, 0) is 11.2 Å². The van der Waals surface area contributed by atoms with Crippen molar-refractivity contribution in [1.82, 2.24) is 10.2 Å².